The van der Waals surface area contributed by atoms with Gasteiger partial charge in [0.15, 0.2) is 17.5 Å². The molecule has 0 amide bonds. The molecule has 2 N–H and O–H groups in total. The van der Waals surface area contributed by atoms with Crippen molar-refractivity contribution in [2.45, 2.75) is 38.3 Å². The number of benzene rings is 1. The van der Waals surface area contributed by atoms with E-state index in [-0.39, 0.29) is 24.0 Å². The fourth-order valence-corrected chi connectivity index (χ4v) is 3.34. The zero-order chi connectivity index (χ0) is 16.8. The fraction of sp³-hybridized carbons (Fsp3) is 0.611. The van der Waals surface area contributed by atoms with Crippen LogP contribution in [0.25, 0.3) is 0 Å². The topological polar surface area (TPSA) is 58.1 Å². The number of halogens is 1. The minimum atomic E-state index is 0. The largest absolute Gasteiger partial charge is 0.454 e. The van der Waals surface area contributed by atoms with Crippen molar-refractivity contribution < 1.29 is 9.47 Å². The van der Waals surface area contributed by atoms with Gasteiger partial charge in [0, 0.05) is 32.7 Å². The summed E-state index contributed by atoms with van der Waals surface area (Å²) in [6.45, 7) is 2.95. The van der Waals surface area contributed by atoms with Crippen molar-refractivity contribution in [2.75, 3.05) is 34.0 Å². The van der Waals surface area contributed by atoms with Crippen LogP contribution in [0.2, 0.25) is 0 Å². The molecule has 0 aromatic heterocycles. The molecular weight excluding hydrogens is 431 g/mol. The van der Waals surface area contributed by atoms with E-state index in [0.717, 1.165) is 42.2 Å². The van der Waals surface area contributed by atoms with Crippen molar-refractivity contribution in [1.29, 1.82) is 0 Å². The van der Waals surface area contributed by atoms with E-state index >= 15 is 0 Å². The maximum absolute atomic E-state index is 5.41. The average Bonchev–Trinajstić information content (AvgIpc) is 3.28. The Hall–Kier alpha value is -1.22. The van der Waals surface area contributed by atoms with Crippen LogP contribution in [0, 0.1) is 0 Å². The number of nitrogens with one attached hydrogen (secondary N) is 2. The summed E-state index contributed by atoms with van der Waals surface area (Å²) in [4.78, 5) is 6.75. The third-order valence-electron chi connectivity index (χ3n) is 4.83. The zero-order valence-electron chi connectivity index (χ0n) is 15.1. The molecule has 1 saturated carbocycles. The Labute approximate surface area is 167 Å². The first-order chi connectivity index (χ1) is 11.8. The molecule has 7 heteroatoms. The number of hydrogen-bond acceptors (Lipinski definition) is 4. The molecule has 0 saturated heterocycles. The molecule has 6 nitrogen and oxygen atoms in total. The summed E-state index contributed by atoms with van der Waals surface area (Å²) >= 11 is 0. The van der Waals surface area contributed by atoms with Crippen LogP contribution in [-0.2, 0) is 6.54 Å². The van der Waals surface area contributed by atoms with Crippen LogP contribution in [0.5, 0.6) is 11.5 Å². The third kappa shape index (κ3) is 5.64. The Morgan fingerprint density at radius 2 is 1.96 bits per heavy atom. The number of guanidine groups is 1. The Balaban J connectivity index is 0.00000225. The first kappa shape index (κ1) is 20.1. The first-order valence-electron chi connectivity index (χ1n) is 8.79. The Kier molecular flexibility index (Phi) is 8.08. The van der Waals surface area contributed by atoms with Crippen LogP contribution < -0.4 is 20.1 Å². The molecular formula is C18H29IN4O2. The van der Waals surface area contributed by atoms with Gasteiger partial charge in [0.1, 0.15) is 0 Å². The van der Waals surface area contributed by atoms with Gasteiger partial charge in [0.05, 0.1) is 0 Å². The molecule has 1 aliphatic carbocycles. The highest BCUT2D eigenvalue weighted by Gasteiger charge is 2.19. The van der Waals surface area contributed by atoms with Crippen molar-refractivity contribution in [3.8, 4) is 11.5 Å². The van der Waals surface area contributed by atoms with E-state index in [9.17, 15) is 0 Å². The van der Waals surface area contributed by atoms with Gasteiger partial charge < -0.3 is 25.0 Å². The van der Waals surface area contributed by atoms with Crippen molar-refractivity contribution in [3.63, 3.8) is 0 Å². The maximum atomic E-state index is 5.41. The van der Waals surface area contributed by atoms with E-state index in [1.807, 2.05) is 18.2 Å². The monoisotopic (exact) mass is 460 g/mol. The molecule has 25 heavy (non-hydrogen) atoms. The molecule has 1 fully saturated rings. The second kappa shape index (κ2) is 10.1. The van der Waals surface area contributed by atoms with E-state index in [0.29, 0.717) is 13.3 Å². The van der Waals surface area contributed by atoms with E-state index in [1.165, 1.54) is 25.7 Å². The lowest BCUT2D eigenvalue weighted by atomic mass is 10.2. The molecule has 1 aromatic rings. The number of rotatable bonds is 6. The van der Waals surface area contributed by atoms with Crippen molar-refractivity contribution >= 4 is 29.9 Å². The van der Waals surface area contributed by atoms with Gasteiger partial charge in [-0.1, -0.05) is 18.9 Å². The van der Waals surface area contributed by atoms with E-state index in [4.69, 9.17) is 9.47 Å². The molecule has 0 atom stereocenters. The summed E-state index contributed by atoms with van der Waals surface area (Å²) in [6, 6.07) is 6.76. The number of likely N-dealkylation sites (N-methyl/N-ethyl adjacent to an activating group) is 1. The van der Waals surface area contributed by atoms with Crippen LogP contribution in [0.1, 0.15) is 31.2 Å². The predicted octanol–water partition coefficient (Wildman–Crippen LogP) is 2.57. The highest BCUT2D eigenvalue weighted by atomic mass is 127. The zero-order valence-corrected chi connectivity index (χ0v) is 17.4. The molecule has 2 aliphatic rings. The Morgan fingerprint density at radius 1 is 1.20 bits per heavy atom. The minimum absolute atomic E-state index is 0. The Morgan fingerprint density at radius 3 is 2.72 bits per heavy atom. The van der Waals surface area contributed by atoms with Gasteiger partial charge in [-0.05, 0) is 37.6 Å². The standard InChI is InChI=1S/C18H28N4O2.HI/c1-19-18(20-9-10-22(2)15-5-3-4-6-15)21-12-14-7-8-16-17(11-14)24-13-23-16;/h7-8,11,15H,3-6,9-10,12-13H2,1-2H3,(H2,19,20,21);1H. The summed E-state index contributed by atoms with van der Waals surface area (Å²) in [6.07, 6.45) is 5.43. The minimum Gasteiger partial charge on any atom is -0.454 e. The maximum Gasteiger partial charge on any atom is 0.231 e. The molecule has 1 aliphatic heterocycles. The van der Waals surface area contributed by atoms with Crippen LogP contribution in [-0.4, -0.2) is 50.9 Å². The van der Waals surface area contributed by atoms with Gasteiger partial charge in [-0.2, -0.15) is 0 Å². The number of fused-ring (bicyclic) bond motifs is 1. The fourth-order valence-electron chi connectivity index (χ4n) is 3.34. The molecule has 3 rings (SSSR count). The van der Waals surface area contributed by atoms with E-state index in [1.54, 1.807) is 7.05 Å². The lowest BCUT2D eigenvalue weighted by molar-refractivity contribution is 0.174. The van der Waals surface area contributed by atoms with Crippen molar-refractivity contribution in [2.24, 2.45) is 4.99 Å². The van der Waals surface area contributed by atoms with Gasteiger partial charge >= 0.3 is 0 Å². The van der Waals surface area contributed by atoms with Crippen LogP contribution >= 0.6 is 24.0 Å². The molecule has 1 heterocycles. The molecule has 0 bridgehead atoms. The molecule has 0 radical (unpaired) electrons. The normalized spacial score (nSPS) is 16.8. The predicted molar refractivity (Wildman–Crippen MR) is 111 cm³/mol. The van der Waals surface area contributed by atoms with E-state index < -0.39 is 0 Å². The van der Waals surface area contributed by atoms with Crippen LogP contribution in [0.4, 0.5) is 0 Å². The van der Waals surface area contributed by atoms with Gasteiger partial charge in [-0.3, -0.25) is 4.99 Å². The molecule has 140 valence electrons. The lowest BCUT2D eigenvalue weighted by Crippen LogP contribution is -2.42. The van der Waals surface area contributed by atoms with Crippen LogP contribution in [0.3, 0.4) is 0 Å². The average molecular weight is 460 g/mol. The summed E-state index contributed by atoms with van der Waals surface area (Å²) in [5.74, 6) is 2.46. The van der Waals surface area contributed by atoms with Crippen molar-refractivity contribution in [3.05, 3.63) is 23.8 Å². The summed E-state index contributed by atoms with van der Waals surface area (Å²) < 4.78 is 10.7. The van der Waals surface area contributed by atoms with Gasteiger partial charge in [0.25, 0.3) is 0 Å². The van der Waals surface area contributed by atoms with Crippen LogP contribution in [0.15, 0.2) is 23.2 Å². The highest BCUT2D eigenvalue weighted by molar-refractivity contribution is 14.0. The van der Waals surface area contributed by atoms with Gasteiger partial charge in [-0.15, -0.1) is 24.0 Å². The molecule has 0 spiro atoms. The third-order valence-corrected chi connectivity index (χ3v) is 4.83. The second-order valence-electron chi connectivity index (χ2n) is 6.46. The number of hydrogen-bond donors (Lipinski definition) is 2. The second-order valence-corrected chi connectivity index (χ2v) is 6.46. The number of nitrogens with zero attached hydrogens (tertiary/aromatic N) is 2. The van der Waals surface area contributed by atoms with Crippen molar-refractivity contribution in [1.82, 2.24) is 15.5 Å². The summed E-state index contributed by atoms with van der Waals surface area (Å²) in [5, 5.41) is 6.73. The Bertz CT molecular complexity index is 576. The van der Waals surface area contributed by atoms with E-state index in [2.05, 4.69) is 27.6 Å². The smallest absolute Gasteiger partial charge is 0.231 e. The molecule has 1 aromatic carbocycles. The number of ether oxygens (including phenoxy) is 2. The first-order valence-corrected chi connectivity index (χ1v) is 8.79. The highest BCUT2D eigenvalue weighted by Crippen LogP contribution is 2.32. The quantitative estimate of drug-likeness (QED) is 0.389. The van der Waals surface area contributed by atoms with Gasteiger partial charge in [0.2, 0.25) is 6.79 Å². The van der Waals surface area contributed by atoms with Gasteiger partial charge in [-0.25, -0.2) is 0 Å². The summed E-state index contributed by atoms with van der Waals surface area (Å²) in [7, 11) is 4.02. The summed E-state index contributed by atoms with van der Waals surface area (Å²) in [5.41, 5.74) is 1.14. The SMILES string of the molecule is CN=C(NCCN(C)C1CCCC1)NCc1ccc2c(c1)OCO2.I. The lowest BCUT2D eigenvalue weighted by Gasteiger charge is -2.24. The number of aliphatic imine (C=N–C) groups is 1. The molecule has 0 unspecified atom stereocenters.